The summed E-state index contributed by atoms with van der Waals surface area (Å²) in [5.74, 6) is -1.38. The van der Waals surface area contributed by atoms with Crippen molar-refractivity contribution in [3.63, 3.8) is 0 Å². The van der Waals surface area contributed by atoms with E-state index in [4.69, 9.17) is 9.52 Å². The molecule has 1 aromatic rings. The first-order chi connectivity index (χ1) is 7.16. The van der Waals surface area contributed by atoms with Crippen LogP contribution in [0, 0.1) is 0 Å². The Hall–Kier alpha value is -1.78. The number of rotatable bonds is 3. The molecule has 0 aromatic carbocycles. The van der Waals surface area contributed by atoms with Gasteiger partial charge in [-0.2, -0.15) is 0 Å². The van der Waals surface area contributed by atoms with Crippen LogP contribution in [0.4, 0.5) is 0 Å². The van der Waals surface area contributed by atoms with E-state index in [2.05, 4.69) is 5.32 Å². The fourth-order valence-corrected chi connectivity index (χ4v) is 1.38. The number of carboxylic acids is 1. The lowest BCUT2D eigenvalue weighted by molar-refractivity contribution is 0.0695. The summed E-state index contributed by atoms with van der Waals surface area (Å²) in [6.45, 7) is 0. The molecule has 0 unspecified atom stereocenters. The van der Waals surface area contributed by atoms with Gasteiger partial charge in [0.1, 0.15) is 6.26 Å². The summed E-state index contributed by atoms with van der Waals surface area (Å²) in [5, 5.41) is 11.4. The number of aromatic carboxylic acids is 1. The Balaban J connectivity index is 2.01. The summed E-state index contributed by atoms with van der Waals surface area (Å²) in [6, 6.07) is 1.45. The molecule has 1 fully saturated rings. The predicted molar refractivity (Wildman–Crippen MR) is 50.8 cm³/mol. The van der Waals surface area contributed by atoms with Crippen LogP contribution in [-0.4, -0.2) is 23.0 Å². The molecule has 0 radical (unpaired) electrons. The third kappa shape index (κ3) is 2.01. The van der Waals surface area contributed by atoms with Gasteiger partial charge in [0.15, 0.2) is 5.76 Å². The van der Waals surface area contributed by atoms with Gasteiger partial charge in [-0.25, -0.2) is 4.79 Å². The van der Waals surface area contributed by atoms with Crippen molar-refractivity contribution in [3.05, 3.63) is 23.7 Å². The number of furan rings is 1. The zero-order valence-electron chi connectivity index (χ0n) is 8.03. The molecule has 2 rings (SSSR count). The third-order valence-corrected chi connectivity index (χ3v) is 2.51. The van der Waals surface area contributed by atoms with E-state index >= 15 is 0 Å². The molecule has 1 aliphatic carbocycles. The van der Waals surface area contributed by atoms with Crippen molar-refractivity contribution in [2.24, 2.45) is 0 Å². The van der Waals surface area contributed by atoms with Gasteiger partial charge in [-0.05, 0) is 19.3 Å². The minimum absolute atomic E-state index is 0.00578. The van der Waals surface area contributed by atoms with Crippen molar-refractivity contribution < 1.29 is 19.1 Å². The van der Waals surface area contributed by atoms with Gasteiger partial charge in [0.05, 0.1) is 5.56 Å². The van der Waals surface area contributed by atoms with Crippen LogP contribution in [0.1, 0.15) is 40.2 Å². The molecule has 1 aromatic heterocycles. The van der Waals surface area contributed by atoms with E-state index in [9.17, 15) is 9.59 Å². The average molecular weight is 209 g/mol. The Labute approximate surface area is 86.1 Å². The Bertz CT molecular complexity index is 392. The van der Waals surface area contributed by atoms with E-state index in [1.807, 2.05) is 0 Å². The second-order valence-corrected chi connectivity index (χ2v) is 3.61. The molecule has 0 spiro atoms. The van der Waals surface area contributed by atoms with E-state index < -0.39 is 5.97 Å². The molecule has 80 valence electrons. The maximum atomic E-state index is 11.5. The minimum Gasteiger partial charge on any atom is -0.478 e. The molecular weight excluding hydrogens is 198 g/mol. The molecule has 0 saturated heterocycles. The van der Waals surface area contributed by atoms with Crippen LogP contribution in [0.2, 0.25) is 0 Å². The van der Waals surface area contributed by atoms with Crippen LogP contribution >= 0.6 is 0 Å². The Morgan fingerprint density at radius 1 is 1.47 bits per heavy atom. The lowest BCUT2D eigenvalue weighted by Gasteiger charge is -2.25. The summed E-state index contributed by atoms with van der Waals surface area (Å²) in [5.41, 5.74) is -0.00578. The number of carbonyl (C=O) groups is 2. The second-order valence-electron chi connectivity index (χ2n) is 3.61. The van der Waals surface area contributed by atoms with Gasteiger partial charge in [-0.1, -0.05) is 0 Å². The third-order valence-electron chi connectivity index (χ3n) is 2.51. The van der Waals surface area contributed by atoms with Crippen molar-refractivity contribution >= 4 is 11.9 Å². The fraction of sp³-hybridized carbons (Fsp3) is 0.400. The highest BCUT2D eigenvalue weighted by Crippen LogP contribution is 2.19. The molecular formula is C10H11NO4. The van der Waals surface area contributed by atoms with Gasteiger partial charge >= 0.3 is 5.97 Å². The smallest absolute Gasteiger partial charge is 0.338 e. The fourth-order valence-electron chi connectivity index (χ4n) is 1.38. The van der Waals surface area contributed by atoms with Crippen LogP contribution in [0.5, 0.6) is 0 Å². The van der Waals surface area contributed by atoms with Crippen LogP contribution < -0.4 is 5.32 Å². The highest BCUT2D eigenvalue weighted by Gasteiger charge is 2.22. The lowest BCUT2D eigenvalue weighted by atomic mass is 9.93. The van der Waals surface area contributed by atoms with E-state index in [-0.39, 0.29) is 23.3 Å². The van der Waals surface area contributed by atoms with Gasteiger partial charge in [-0.3, -0.25) is 4.79 Å². The number of hydrogen-bond donors (Lipinski definition) is 2. The second kappa shape index (κ2) is 3.76. The number of hydrogen-bond acceptors (Lipinski definition) is 3. The van der Waals surface area contributed by atoms with Crippen molar-refractivity contribution in [3.8, 4) is 0 Å². The number of carbonyl (C=O) groups excluding carboxylic acids is 1. The Kier molecular flexibility index (Phi) is 2.45. The molecule has 15 heavy (non-hydrogen) atoms. The maximum absolute atomic E-state index is 11.5. The maximum Gasteiger partial charge on any atom is 0.338 e. The van der Waals surface area contributed by atoms with Gasteiger partial charge in [0.2, 0.25) is 0 Å². The van der Waals surface area contributed by atoms with Gasteiger partial charge < -0.3 is 14.8 Å². The molecule has 5 nitrogen and oxygen atoms in total. The summed E-state index contributed by atoms with van der Waals surface area (Å²) in [7, 11) is 0. The first kappa shape index (κ1) is 9.76. The zero-order chi connectivity index (χ0) is 10.8. The number of amides is 1. The number of nitrogens with one attached hydrogen (secondary N) is 1. The van der Waals surface area contributed by atoms with Crippen molar-refractivity contribution in [2.45, 2.75) is 25.3 Å². The quantitative estimate of drug-likeness (QED) is 0.785. The largest absolute Gasteiger partial charge is 0.478 e. The van der Waals surface area contributed by atoms with Crippen molar-refractivity contribution in [2.75, 3.05) is 0 Å². The Morgan fingerprint density at radius 3 is 2.67 bits per heavy atom. The summed E-state index contributed by atoms with van der Waals surface area (Å²) < 4.78 is 4.86. The SMILES string of the molecule is O=C(O)c1coc(C(=O)NC2CCC2)c1. The lowest BCUT2D eigenvalue weighted by Crippen LogP contribution is -2.39. The van der Waals surface area contributed by atoms with Gasteiger partial charge in [0, 0.05) is 12.1 Å². The summed E-state index contributed by atoms with van der Waals surface area (Å²) >= 11 is 0. The van der Waals surface area contributed by atoms with Gasteiger partial charge in [0.25, 0.3) is 5.91 Å². The Morgan fingerprint density at radius 2 is 2.20 bits per heavy atom. The molecule has 5 heteroatoms. The summed E-state index contributed by atoms with van der Waals surface area (Å²) in [6.07, 6.45) is 4.16. The summed E-state index contributed by atoms with van der Waals surface area (Å²) in [4.78, 5) is 22.0. The standard InChI is InChI=1S/C10H11NO4/c12-9(11-7-2-1-3-7)8-4-6(5-15-8)10(13)14/h4-5,7H,1-3H2,(H,11,12)(H,13,14). The van der Waals surface area contributed by atoms with E-state index in [1.165, 1.54) is 6.07 Å². The zero-order valence-corrected chi connectivity index (χ0v) is 8.03. The number of carboxylic acid groups (broad SMARTS) is 1. The van der Waals surface area contributed by atoms with Crippen LogP contribution in [-0.2, 0) is 0 Å². The molecule has 0 aliphatic heterocycles. The van der Waals surface area contributed by atoms with Crippen molar-refractivity contribution in [1.82, 2.24) is 5.32 Å². The minimum atomic E-state index is -1.10. The topological polar surface area (TPSA) is 79.5 Å². The van der Waals surface area contributed by atoms with Crippen LogP contribution in [0.3, 0.4) is 0 Å². The van der Waals surface area contributed by atoms with Crippen LogP contribution in [0.15, 0.2) is 16.7 Å². The molecule has 1 heterocycles. The predicted octanol–water partition coefficient (Wildman–Crippen LogP) is 1.26. The highest BCUT2D eigenvalue weighted by atomic mass is 16.4. The normalized spacial score (nSPS) is 15.7. The molecule has 0 bridgehead atoms. The molecule has 1 aliphatic rings. The molecule has 0 atom stereocenters. The monoisotopic (exact) mass is 209 g/mol. The first-order valence-electron chi connectivity index (χ1n) is 4.79. The molecule has 1 amide bonds. The van der Waals surface area contributed by atoms with Crippen LogP contribution in [0.25, 0.3) is 0 Å². The molecule has 1 saturated carbocycles. The van der Waals surface area contributed by atoms with E-state index in [1.54, 1.807) is 0 Å². The first-order valence-corrected chi connectivity index (χ1v) is 4.79. The van der Waals surface area contributed by atoms with E-state index in [0.717, 1.165) is 25.5 Å². The highest BCUT2D eigenvalue weighted by molar-refractivity contribution is 5.95. The van der Waals surface area contributed by atoms with E-state index in [0.29, 0.717) is 0 Å². The van der Waals surface area contributed by atoms with Gasteiger partial charge in [-0.15, -0.1) is 0 Å². The average Bonchev–Trinajstić information content (AvgIpc) is 2.59. The molecule has 2 N–H and O–H groups in total. The van der Waals surface area contributed by atoms with Crippen molar-refractivity contribution in [1.29, 1.82) is 0 Å².